The molecule has 0 radical (unpaired) electrons. The smallest absolute Gasteiger partial charge is 0.234 e. The van der Waals surface area contributed by atoms with Gasteiger partial charge in [-0.05, 0) is 37.1 Å². The van der Waals surface area contributed by atoms with Gasteiger partial charge < -0.3 is 5.32 Å². The minimum absolute atomic E-state index is 0.105. The Morgan fingerprint density at radius 2 is 1.89 bits per heavy atom. The summed E-state index contributed by atoms with van der Waals surface area (Å²) in [5.41, 5.74) is 0.868. The van der Waals surface area contributed by atoms with Gasteiger partial charge in [0, 0.05) is 15.4 Å². The molecule has 0 bridgehead atoms. The third kappa shape index (κ3) is 4.65. The number of benzene rings is 1. The highest BCUT2D eigenvalue weighted by molar-refractivity contribution is 9.10. The first-order valence-corrected chi connectivity index (χ1v) is 8.25. The summed E-state index contributed by atoms with van der Waals surface area (Å²) in [5, 5.41) is 3.62. The second kappa shape index (κ2) is 7.19. The van der Waals surface area contributed by atoms with Gasteiger partial charge in [0.1, 0.15) is 0 Å². The Balaban J connectivity index is 1.73. The largest absolute Gasteiger partial charge is 0.325 e. The highest BCUT2D eigenvalue weighted by Gasteiger charge is 2.15. The van der Waals surface area contributed by atoms with E-state index in [0.717, 1.165) is 10.2 Å². The average molecular weight is 328 g/mol. The Labute approximate surface area is 121 Å². The fourth-order valence-corrected chi connectivity index (χ4v) is 3.55. The zero-order valence-electron chi connectivity index (χ0n) is 10.3. The topological polar surface area (TPSA) is 29.1 Å². The molecule has 4 heteroatoms. The van der Waals surface area contributed by atoms with E-state index in [9.17, 15) is 4.79 Å². The van der Waals surface area contributed by atoms with Crippen LogP contribution in [0.5, 0.6) is 0 Å². The molecular formula is C14H18BrNOS. The van der Waals surface area contributed by atoms with Crippen molar-refractivity contribution in [2.45, 2.75) is 37.4 Å². The summed E-state index contributed by atoms with van der Waals surface area (Å²) < 4.78 is 1.03. The first-order chi connectivity index (χ1) is 8.74. The lowest BCUT2D eigenvalue weighted by Gasteiger charge is -2.20. The van der Waals surface area contributed by atoms with E-state index < -0.39 is 0 Å². The molecule has 2 nitrogen and oxygen atoms in total. The van der Waals surface area contributed by atoms with Gasteiger partial charge in [0.05, 0.1) is 5.75 Å². The normalized spacial score (nSPS) is 16.5. The predicted octanol–water partition coefficient (Wildman–Crippen LogP) is 4.45. The van der Waals surface area contributed by atoms with Crippen LogP contribution in [0.25, 0.3) is 0 Å². The van der Waals surface area contributed by atoms with Crippen molar-refractivity contribution in [2.24, 2.45) is 0 Å². The lowest BCUT2D eigenvalue weighted by molar-refractivity contribution is -0.113. The SMILES string of the molecule is O=C(CSC1CCCCC1)Nc1ccc(Br)cc1. The van der Waals surface area contributed by atoms with Crippen molar-refractivity contribution in [3.05, 3.63) is 28.7 Å². The summed E-state index contributed by atoms with van der Waals surface area (Å²) >= 11 is 5.18. The van der Waals surface area contributed by atoms with Crippen molar-refractivity contribution in [2.75, 3.05) is 11.1 Å². The number of nitrogens with one attached hydrogen (secondary N) is 1. The molecule has 1 aromatic rings. The van der Waals surface area contributed by atoms with Gasteiger partial charge >= 0.3 is 0 Å². The zero-order chi connectivity index (χ0) is 12.8. The molecule has 0 unspecified atom stereocenters. The maximum absolute atomic E-state index is 11.8. The van der Waals surface area contributed by atoms with Crippen LogP contribution in [0, 0.1) is 0 Å². The predicted molar refractivity (Wildman–Crippen MR) is 82.1 cm³/mol. The van der Waals surface area contributed by atoms with Gasteiger partial charge in [-0.25, -0.2) is 0 Å². The van der Waals surface area contributed by atoms with E-state index in [2.05, 4.69) is 21.2 Å². The zero-order valence-corrected chi connectivity index (χ0v) is 12.7. The van der Waals surface area contributed by atoms with E-state index in [1.807, 2.05) is 24.3 Å². The van der Waals surface area contributed by atoms with E-state index in [-0.39, 0.29) is 5.91 Å². The van der Waals surface area contributed by atoms with Crippen LogP contribution >= 0.6 is 27.7 Å². The quantitative estimate of drug-likeness (QED) is 0.884. The molecule has 1 saturated carbocycles. The Bertz CT molecular complexity index is 387. The van der Waals surface area contributed by atoms with E-state index in [0.29, 0.717) is 11.0 Å². The number of hydrogen-bond donors (Lipinski definition) is 1. The number of hydrogen-bond acceptors (Lipinski definition) is 2. The van der Waals surface area contributed by atoms with Crippen LogP contribution in [0.1, 0.15) is 32.1 Å². The Kier molecular flexibility index (Phi) is 5.57. The minimum atomic E-state index is 0.105. The Morgan fingerprint density at radius 1 is 1.22 bits per heavy atom. The van der Waals surface area contributed by atoms with Crippen LogP contribution in [0.4, 0.5) is 5.69 Å². The molecule has 1 N–H and O–H groups in total. The lowest BCUT2D eigenvalue weighted by atomic mass is 10.0. The molecule has 0 atom stereocenters. The number of anilines is 1. The molecule has 98 valence electrons. The van der Waals surface area contributed by atoms with Gasteiger partial charge in [0.25, 0.3) is 0 Å². The van der Waals surface area contributed by atoms with Gasteiger partial charge in [-0.1, -0.05) is 35.2 Å². The van der Waals surface area contributed by atoms with Gasteiger partial charge in [-0.2, -0.15) is 0 Å². The molecule has 1 aromatic carbocycles. The molecule has 1 fully saturated rings. The van der Waals surface area contributed by atoms with Crippen molar-refractivity contribution in [1.29, 1.82) is 0 Å². The number of rotatable bonds is 4. The van der Waals surface area contributed by atoms with Crippen molar-refractivity contribution < 1.29 is 4.79 Å². The number of amides is 1. The van der Waals surface area contributed by atoms with Crippen LogP contribution in [-0.2, 0) is 4.79 Å². The third-order valence-corrected chi connectivity index (χ3v) is 5.03. The van der Waals surface area contributed by atoms with Crippen molar-refractivity contribution in [1.82, 2.24) is 0 Å². The molecule has 0 aromatic heterocycles. The van der Waals surface area contributed by atoms with E-state index in [1.54, 1.807) is 11.8 Å². The lowest BCUT2D eigenvalue weighted by Crippen LogP contribution is -2.17. The molecule has 1 aliphatic carbocycles. The summed E-state index contributed by atoms with van der Waals surface area (Å²) in [6.07, 6.45) is 6.56. The maximum atomic E-state index is 11.8. The van der Waals surface area contributed by atoms with Crippen molar-refractivity contribution in [3.63, 3.8) is 0 Å². The van der Waals surface area contributed by atoms with E-state index in [1.165, 1.54) is 32.1 Å². The van der Waals surface area contributed by atoms with E-state index >= 15 is 0 Å². The standard InChI is InChI=1S/C14H18BrNOS/c15-11-6-8-12(9-7-11)16-14(17)10-18-13-4-2-1-3-5-13/h6-9,13H,1-5,10H2,(H,16,17). The molecule has 18 heavy (non-hydrogen) atoms. The third-order valence-electron chi connectivity index (χ3n) is 3.13. The number of thioether (sulfide) groups is 1. The molecule has 0 spiro atoms. The molecule has 0 aliphatic heterocycles. The summed E-state index contributed by atoms with van der Waals surface area (Å²) in [5.74, 6) is 0.675. The first-order valence-electron chi connectivity index (χ1n) is 6.41. The number of halogens is 1. The second-order valence-electron chi connectivity index (χ2n) is 4.63. The van der Waals surface area contributed by atoms with Crippen LogP contribution in [0.2, 0.25) is 0 Å². The highest BCUT2D eigenvalue weighted by atomic mass is 79.9. The Hall–Kier alpha value is -0.480. The molecule has 0 heterocycles. The van der Waals surface area contributed by atoms with Crippen LogP contribution < -0.4 is 5.32 Å². The summed E-state index contributed by atoms with van der Waals surface area (Å²) in [4.78, 5) is 11.8. The summed E-state index contributed by atoms with van der Waals surface area (Å²) in [6.45, 7) is 0. The molecule has 1 amide bonds. The van der Waals surface area contributed by atoms with Crippen molar-refractivity contribution in [3.8, 4) is 0 Å². The van der Waals surface area contributed by atoms with Crippen LogP contribution in [0.15, 0.2) is 28.7 Å². The van der Waals surface area contributed by atoms with Gasteiger partial charge in [0.15, 0.2) is 0 Å². The van der Waals surface area contributed by atoms with Gasteiger partial charge in [-0.15, -0.1) is 11.8 Å². The first kappa shape index (κ1) is 13.9. The number of carbonyl (C=O) groups excluding carboxylic acids is 1. The van der Waals surface area contributed by atoms with Gasteiger partial charge in [-0.3, -0.25) is 4.79 Å². The van der Waals surface area contributed by atoms with E-state index in [4.69, 9.17) is 0 Å². The van der Waals surface area contributed by atoms with Crippen LogP contribution in [0.3, 0.4) is 0 Å². The number of carbonyl (C=O) groups is 1. The molecule has 0 saturated heterocycles. The summed E-state index contributed by atoms with van der Waals surface area (Å²) in [7, 11) is 0. The fourth-order valence-electron chi connectivity index (χ4n) is 2.16. The molecular weight excluding hydrogens is 310 g/mol. The van der Waals surface area contributed by atoms with Crippen LogP contribution in [-0.4, -0.2) is 16.9 Å². The molecule has 2 rings (SSSR count). The van der Waals surface area contributed by atoms with Gasteiger partial charge in [0.2, 0.25) is 5.91 Å². The highest BCUT2D eigenvalue weighted by Crippen LogP contribution is 2.28. The average Bonchev–Trinajstić information content (AvgIpc) is 2.40. The Morgan fingerprint density at radius 3 is 2.56 bits per heavy atom. The monoisotopic (exact) mass is 327 g/mol. The maximum Gasteiger partial charge on any atom is 0.234 e. The fraction of sp³-hybridized carbons (Fsp3) is 0.500. The minimum Gasteiger partial charge on any atom is -0.325 e. The summed E-state index contributed by atoms with van der Waals surface area (Å²) in [6, 6.07) is 7.69. The molecule has 1 aliphatic rings. The second-order valence-corrected chi connectivity index (χ2v) is 6.83. The van der Waals surface area contributed by atoms with Crippen molar-refractivity contribution >= 4 is 39.3 Å².